The zero-order valence-electron chi connectivity index (χ0n) is 12.6. The maximum absolute atomic E-state index is 12.6. The number of fused-ring (bicyclic) bond motifs is 1. The fraction of sp³-hybridized carbons (Fsp3) is 0.222. The summed E-state index contributed by atoms with van der Waals surface area (Å²) < 4.78 is 1.04. The second-order valence-electron chi connectivity index (χ2n) is 6.28. The molecule has 2 heterocycles. The maximum Gasteiger partial charge on any atom is 0.229 e. The number of aromatic amines is 1. The number of aromatic nitrogens is 2. The molecular formula is C18H16BrN3O. The van der Waals surface area contributed by atoms with E-state index in [-0.39, 0.29) is 17.2 Å². The van der Waals surface area contributed by atoms with Gasteiger partial charge in [0.25, 0.3) is 0 Å². The zero-order valence-corrected chi connectivity index (χ0v) is 14.2. The number of halogens is 1. The smallest absolute Gasteiger partial charge is 0.229 e. The molecule has 0 saturated heterocycles. The first kappa shape index (κ1) is 14.5. The van der Waals surface area contributed by atoms with E-state index in [1.807, 2.05) is 30.5 Å². The van der Waals surface area contributed by atoms with Crippen LogP contribution in [0.25, 0.3) is 10.9 Å². The molecule has 4 nitrogen and oxygen atoms in total. The lowest BCUT2D eigenvalue weighted by Crippen LogP contribution is -2.20. The first-order chi connectivity index (χ1) is 11.1. The lowest BCUT2D eigenvalue weighted by molar-refractivity contribution is -0.117. The molecule has 1 aromatic carbocycles. The summed E-state index contributed by atoms with van der Waals surface area (Å²) in [7, 11) is 0. The number of carbonyl (C=O) groups excluding carboxylic acids is 1. The standard InChI is InChI=1S/C18H16BrN3O/c1-18(12-3-2-4-13(19)9-12)10-14(18)17(23)22-16-15-11(5-7-20-15)6-8-21-16/h2-9,14,20H,10H2,1H3,(H,21,22,23). The SMILES string of the molecule is CC1(c2cccc(Br)c2)CC1C(=O)Nc1nccc2cc[nH]c12. The van der Waals surface area contributed by atoms with E-state index in [2.05, 4.69) is 50.3 Å². The molecule has 1 aliphatic carbocycles. The van der Waals surface area contributed by atoms with Gasteiger partial charge < -0.3 is 10.3 Å². The van der Waals surface area contributed by atoms with Crippen LogP contribution in [0.1, 0.15) is 18.9 Å². The molecule has 0 spiro atoms. The van der Waals surface area contributed by atoms with Gasteiger partial charge in [-0.1, -0.05) is 35.0 Å². The van der Waals surface area contributed by atoms with Gasteiger partial charge in [0.2, 0.25) is 5.91 Å². The molecule has 2 N–H and O–H groups in total. The lowest BCUT2D eigenvalue weighted by Gasteiger charge is -2.12. The highest BCUT2D eigenvalue weighted by Gasteiger charge is 2.55. The molecule has 116 valence electrons. The Bertz CT molecular complexity index is 904. The normalized spacial score (nSPS) is 23.0. The number of benzene rings is 1. The van der Waals surface area contributed by atoms with E-state index >= 15 is 0 Å². The Morgan fingerprint density at radius 2 is 2.26 bits per heavy atom. The van der Waals surface area contributed by atoms with Crippen LogP contribution < -0.4 is 5.32 Å². The number of carbonyl (C=O) groups is 1. The Morgan fingerprint density at radius 1 is 1.39 bits per heavy atom. The molecule has 23 heavy (non-hydrogen) atoms. The van der Waals surface area contributed by atoms with E-state index in [1.54, 1.807) is 6.20 Å². The number of anilines is 1. The van der Waals surface area contributed by atoms with Crippen molar-refractivity contribution in [3.63, 3.8) is 0 Å². The average Bonchev–Trinajstić information content (AvgIpc) is 3.02. The monoisotopic (exact) mass is 369 g/mol. The quantitative estimate of drug-likeness (QED) is 0.725. The Balaban J connectivity index is 1.56. The van der Waals surface area contributed by atoms with Crippen LogP contribution in [0.15, 0.2) is 53.3 Å². The van der Waals surface area contributed by atoms with E-state index < -0.39 is 0 Å². The molecule has 0 aliphatic heterocycles. The molecule has 1 aliphatic rings. The molecule has 2 aromatic heterocycles. The van der Waals surface area contributed by atoms with Crippen molar-refractivity contribution in [1.29, 1.82) is 0 Å². The molecule has 1 saturated carbocycles. The first-order valence-corrected chi connectivity index (χ1v) is 8.36. The number of nitrogens with zero attached hydrogens (tertiary/aromatic N) is 1. The van der Waals surface area contributed by atoms with Gasteiger partial charge in [-0.2, -0.15) is 0 Å². The number of hydrogen-bond donors (Lipinski definition) is 2. The molecule has 2 atom stereocenters. The van der Waals surface area contributed by atoms with Crippen LogP contribution >= 0.6 is 15.9 Å². The molecule has 4 rings (SSSR count). The van der Waals surface area contributed by atoms with Crippen LogP contribution in [0.5, 0.6) is 0 Å². The van der Waals surface area contributed by atoms with Gasteiger partial charge in [-0.3, -0.25) is 4.79 Å². The van der Waals surface area contributed by atoms with Crippen LogP contribution in [-0.4, -0.2) is 15.9 Å². The van der Waals surface area contributed by atoms with Gasteiger partial charge in [-0.15, -0.1) is 0 Å². The summed E-state index contributed by atoms with van der Waals surface area (Å²) in [5, 5.41) is 4.02. The summed E-state index contributed by atoms with van der Waals surface area (Å²) in [5.74, 6) is 0.604. The van der Waals surface area contributed by atoms with Crippen molar-refractivity contribution in [1.82, 2.24) is 9.97 Å². The molecule has 0 bridgehead atoms. The third kappa shape index (κ3) is 2.45. The third-order valence-corrected chi connectivity index (χ3v) is 5.25. The molecule has 0 radical (unpaired) electrons. The van der Waals surface area contributed by atoms with E-state index in [4.69, 9.17) is 0 Å². The average molecular weight is 370 g/mol. The van der Waals surface area contributed by atoms with E-state index in [1.165, 1.54) is 5.56 Å². The molecule has 1 amide bonds. The summed E-state index contributed by atoms with van der Waals surface area (Å²) >= 11 is 3.50. The molecule has 2 unspecified atom stereocenters. The molecule has 1 fully saturated rings. The van der Waals surface area contributed by atoms with Crippen molar-refractivity contribution >= 4 is 38.6 Å². The summed E-state index contributed by atoms with van der Waals surface area (Å²) in [6.45, 7) is 2.14. The third-order valence-electron chi connectivity index (χ3n) is 4.75. The largest absolute Gasteiger partial charge is 0.358 e. The predicted octanol–water partition coefficient (Wildman–Crippen LogP) is 4.24. The number of pyridine rings is 1. The minimum atomic E-state index is -0.0997. The molecule has 5 heteroatoms. The second kappa shape index (κ2) is 5.20. The van der Waals surface area contributed by atoms with E-state index in [0.717, 1.165) is 21.8 Å². The maximum atomic E-state index is 12.6. The summed E-state index contributed by atoms with van der Waals surface area (Å²) in [6.07, 6.45) is 4.42. The van der Waals surface area contributed by atoms with Crippen molar-refractivity contribution in [2.24, 2.45) is 5.92 Å². The van der Waals surface area contributed by atoms with Crippen LogP contribution in [0.2, 0.25) is 0 Å². The summed E-state index contributed by atoms with van der Waals surface area (Å²) in [4.78, 5) is 20.1. The van der Waals surface area contributed by atoms with Gasteiger partial charge in [0.1, 0.15) is 0 Å². The summed E-state index contributed by atoms with van der Waals surface area (Å²) in [5.41, 5.74) is 1.96. The predicted molar refractivity (Wildman–Crippen MR) is 94.3 cm³/mol. The highest BCUT2D eigenvalue weighted by molar-refractivity contribution is 9.10. The topological polar surface area (TPSA) is 57.8 Å². The Hall–Kier alpha value is -2.14. The van der Waals surface area contributed by atoms with Crippen molar-refractivity contribution in [2.45, 2.75) is 18.8 Å². The Labute approximate surface area is 142 Å². The fourth-order valence-electron chi connectivity index (χ4n) is 3.19. The van der Waals surface area contributed by atoms with Gasteiger partial charge in [0.15, 0.2) is 5.82 Å². The first-order valence-electron chi connectivity index (χ1n) is 7.57. The molecular weight excluding hydrogens is 354 g/mol. The van der Waals surface area contributed by atoms with Crippen molar-refractivity contribution in [3.8, 4) is 0 Å². The van der Waals surface area contributed by atoms with Crippen molar-refractivity contribution < 1.29 is 4.79 Å². The van der Waals surface area contributed by atoms with Crippen molar-refractivity contribution in [2.75, 3.05) is 5.32 Å². The number of hydrogen-bond acceptors (Lipinski definition) is 2. The Kier molecular flexibility index (Phi) is 3.27. The van der Waals surface area contributed by atoms with Crippen LogP contribution in [0.4, 0.5) is 5.82 Å². The number of amides is 1. The highest BCUT2D eigenvalue weighted by atomic mass is 79.9. The lowest BCUT2D eigenvalue weighted by atomic mass is 9.95. The highest BCUT2D eigenvalue weighted by Crippen LogP contribution is 2.54. The van der Waals surface area contributed by atoms with Crippen LogP contribution in [0, 0.1) is 5.92 Å². The summed E-state index contributed by atoms with van der Waals surface area (Å²) in [6, 6.07) is 12.1. The Morgan fingerprint density at radius 3 is 3.09 bits per heavy atom. The van der Waals surface area contributed by atoms with Gasteiger partial charge >= 0.3 is 0 Å². The number of H-pyrrole nitrogens is 1. The second-order valence-corrected chi connectivity index (χ2v) is 7.19. The van der Waals surface area contributed by atoms with Gasteiger partial charge in [-0.05, 0) is 36.2 Å². The van der Waals surface area contributed by atoms with Gasteiger partial charge in [0, 0.05) is 33.6 Å². The van der Waals surface area contributed by atoms with Crippen molar-refractivity contribution in [3.05, 3.63) is 58.8 Å². The number of rotatable bonds is 3. The van der Waals surface area contributed by atoms with Crippen LogP contribution in [0.3, 0.4) is 0 Å². The minimum Gasteiger partial charge on any atom is -0.358 e. The van der Waals surface area contributed by atoms with Gasteiger partial charge in [-0.25, -0.2) is 4.98 Å². The minimum absolute atomic E-state index is 0.0242. The molecule has 3 aromatic rings. The zero-order chi connectivity index (χ0) is 16.0. The van der Waals surface area contributed by atoms with Crippen LogP contribution in [-0.2, 0) is 10.2 Å². The fourth-order valence-corrected chi connectivity index (χ4v) is 3.59. The van der Waals surface area contributed by atoms with Gasteiger partial charge in [0.05, 0.1) is 5.52 Å². The van der Waals surface area contributed by atoms with E-state index in [9.17, 15) is 4.79 Å². The van der Waals surface area contributed by atoms with E-state index in [0.29, 0.717) is 5.82 Å². The number of nitrogens with one attached hydrogen (secondary N) is 2.